The number of rotatable bonds is 2. The second-order valence-electron chi connectivity index (χ2n) is 9.69. The minimum atomic E-state index is 0.216. The predicted molar refractivity (Wildman–Crippen MR) is 148 cm³/mol. The largest absolute Gasteiger partial charge is 0.508 e. The van der Waals surface area contributed by atoms with Crippen LogP contribution < -0.4 is 0 Å². The molecule has 1 nitrogen and oxygen atoms in total. The van der Waals surface area contributed by atoms with Crippen LogP contribution in [0.25, 0.3) is 43.1 Å². The number of benzene rings is 6. The molecule has 0 radical (unpaired) electrons. The van der Waals surface area contributed by atoms with Gasteiger partial charge in [-0.25, -0.2) is 0 Å². The van der Waals surface area contributed by atoms with Gasteiger partial charge in [0, 0.05) is 0 Å². The third-order valence-corrected chi connectivity index (χ3v) is 7.10. The maximum absolute atomic E-state index is 9.10. The van der Waals surface area contributed by atoms with E-state index in [0.717, 1.165) is 6.42 Å². The number of fused-ring (bicyclic) bond motifs is 5. The normalized spacial score (nSPS) is 11.6. The first-order chi connectivity index (χ1) is 16.4. The lowest BCUT2D eigenvalue weighted by Crippen LogP contribution is -2.14. The summed E-state index contributed by atoms with van der Waals surface area (Å²) in [6.45, 7) is 6.59. The van der Waals surface area contributed by atoms with Gasteiger partial charge in [0.1, 0.15) is 5.75 Å². The van der Waals surface area contributed by atoms with Gasteiger partial charge < -0.3 is 5.11 Å². The lowest BCUT2D eigenvalue weighted by Gasteiger charge is -2.22. The SMILES string of the molecule is CCC(C)(C)c1ccc(O)cc1.c1ccc2cc3c(ccc4cc5ccccc5cc43)cc2c1. The van der Waals surface area contributed by atoms with Gasteiger partial charge in [-0.2, -0.15) is 0 Å². The number of hydrogen-bond acceptors (Lipinski definition) is 1. The van der Waals surface area contributed by atoms with Crippen LogP contribution in [0.5, 0.6) is 5.75 Å². The molecule has 0 aromatic heterocycles. The highest BCUT2D eigenvalue weighted by molar-refractivity contribution is 6.15. The molecular weight excluding hydrogens is 412 g/mol. The van der Waals surface area contributed by atoms with Gasteiger partial charge in [0.15, 0.2) is 0 Å². The molecule has 0 heterocycles. The molecule has 0 saturated heterocycles. The molecule has 34 heavy (non-hydrogen) atoms. The Morgan fingerprint density at radius 1 is 0.529 bits per heavy atom. The second kappa shape index (κ2) is 8.83. The van der Waals surface area contributed by atoms with E-state index in [1.807, 2.05) is 12.1 Å². The Labute approximate surface area is 201 Å². The number of phenols is 1. The van der Waals surface area contributed by atoms with Gasteiger partial charge in [-0.05, 0) is 96.9 Å². The predicted octanol–water partition coefficient (Wildman–Crippen LogP) is 9.38. The van der Waals surface area contributed by atoms with Crippen molar-refractivity contribution in [3.8, 4) is 5.75 Å². The Morgan fingerprint density at radius 3 is 1.35 bits per heavy atom. The van der Waals surface area contributed by atoms with Gasteiger partial charge in [0.05, 0.1) is 0 Å². The van der Waals surface area contributed by atoms with Crippen LogP contribution in [0, 0.1) is 0 Å². The molecule has 0 aliphatic heterocycles. The van der Waals surface area contributed by atoms with E-state index >= 15 is 0 Å². The lowest BCUT2D eigenvalue weighted by atomic mass is 9.82. The van der Waals surface area contributed by atoms with Crippen molar-refractivity contribution in [2.45, 2.75) is 32.6 Å². The number of phenolic OH excluding ortho intramolecular Hbond substituents is 1. The summed E-state index contributed by atoms with van der Waals surface area (Å²) in [7, 11) is 0. The fourth-order valence-electron chi connectivity index (χ4n) is 4.55. The van der Waals surface area contributed by atoms with Crippen LogP contribution >= 0.6 is 0 Å². The maximum atomic E-state index is 9.10. The highest BCUT2D eigenvalue weighted by Gasteiger charge is 2.17. The van der Waals surface area contributed by atoms with Gasteiger partial charge in [0.25, 0.3) is 0 Å². The van der Waals surface area contributed by atoms with E-state index in [0.29, 0.717) is 5.75 Å². The molecule has 0 amide bonds. The number of hydrogen-bond donors (Lipinski definition) is 1. The molecule has 0 atom stereocenters. The van der Waals surface area contributed by atoms with Crippen LogP contribution in [-0.4, -0.2) is 5.11 Å². The highest BCUT2D eigenvalue weighted by Crippen LogP contribution is 2.32. The van der Waals surface area contributed by atoms with Crippen LogP contribution in [0.2, 0.25) is 0 Å². The Morgan fingerprint density at radius 2 is 0.941 bits per heavy atom. The fourth-order valence-corrected chi connectivity index (χ4v) is 4.55. The Hall–Kier alpha value is -3.84. The van der Waals surface area contributed by atoms with E-state index in [4.69, 9.17) is 5.11 Å². The van der Waals surface area contributed by atoms with E-state index in [1.54, 1.807) is 12.1 Å². The molecule has 0 saturated carbocycles. The molecule has 0 aliphatic carbocycles. The minimum Gasteiger partial charge on any atom is -0.508 e. The van der Waals surface area contributed by atoms with Gasteiger partial charge in [-0.1, -0.05) is 93.6 Å². The fraction of sp³-hybridized carbons (Fsp3) is 0.152. The molecule has 0 unspecified atom stereocenters. The molecule has 6 aromatic carbocycles. The van der Waals surface area contributed by atoms with Crippen LogP contribution in [-0.2, 0) is 5.41 Å². The van der Waals surface area contributed by atoms with Crippen molar-refractivity contribution >= 4 is 43.1 Å². The third kappa shape index (κ3) is 4.22. The van der Waals surface area contributed by atoms with Crippen molar-refractivity contribution in [1.29, 1.82) is 0 Å². The zero-order valence-corrected chi connectivity index (χ0v) is 20.0. The molecule has 0 aliphatic rings. The van der Waals surface area contributed by atoms with Crippen molar-refractivity contribution in [2.24, 2.45) is 0 Å². The molecule has 1 heteroatoms. The first-order valence-electron chi connectivity index (χ1n) is 12.0. The highest BCUT2D eigenvalue weighted by atomic mass is 16.3. The van der Waals surface area contributed by atoms with Crippen molar-refractivity contribution < 1.29 is 5.11 Å². The van der Waals surface area contributed by atoms with Crippen molar-refractivity contribution in [2.75, 3.05) is 0 Å². The van der Waals surface area contributed by atoms with Gasteiger partial charge in [-0.15, -0.1) is 0 Å². The summed E-state index contributed by atoms with van der Waals surface area (Å²) in [5, 5.41) is 19.6. The van der Waals surface area contributed by atoms with Crippen LogP contribution in [0.15, 0.2) is 109 Å². The quantitative estimate of drug-likeness (QED) is 0.209. The Balaban J connectivity index is 0.000000172. The molecule has 0 fully saturated rings. The van der Waals surface area contributed by atoms with E-state index in [1.165, 1.54) is 48.7 Å². The first kappa shape index (κ1) is 22.0. The van der Waals surface area contributed by atoms with E-state index in [9.17, 15) is 0 Å². The zero-order valence-electron chi connectivity index (χ0n) is 20.0. The summed E-state index contributed by atoms with van der Waals surface area (Å²) < 4.78 is 0. The van der Waals surface area contributed by atoms with E-state index in [-0.39, 0.29) is 5.41 Å². The summed E-state index contributed by atoms with van der Waals surface area (Å²) in [5.74, 6) is 0.339. The first-order valence-corrected chi connectivity index (χ1v) is 12.0. The standard InChI is InChI=1S/C22H14.C11H16O/c1-3-7-17-13-21-19(11-15(17)5-1)9-10-20-12-16-6-2-4-8-18(16)14-22(20)21;1-4-11(2,3)9-5-7-10(12)8-6-9/h1-14H;5-8,12H,4H2,1-3H3. The third-order valence-electron chi connectivity index (χ3n) is 7.10. The lowest BCUT2D eigenvalue weighted by molar-refractivity contribution is 0.471. The molecule has 0 bridgehead atoms. The average Bonchev–Trinajstić information content (AvgIpc) is 2.87. The van der Waals surface area contributed by atoms with Crippen LogP contribution in [0.3, 0.4) is 0 Å². The molecule has 0 spiro atoms. The van der Waals surface area contributed by atoms with Crippen LogP contribution in [0.4, 0.5) is 0 Å². The second-order valence-corrected chi connectivity index (χ2v) is 9.69. The molecule has 6 aromatic rings. The summed E-state index contributed by atoms with van der Waals surface area (Å²) in [4.78, 5) is 0. The smallest absolute Gasteiger partial charge is 0.115 e. The topological polar surface area (TPSA) is 20.2 Å². The van der Waals surface area contributed by atoms with E-state index < -0.39 is 0 Å². The summed E-state index contributed by atoms with van der Waals surface area (Å²) in [6.07, 6.45) is 1.11. The Bertz CT molecular complexity index is 1510. The molecule has 1 N–H and O–H groups in total. The van der Waals surface area contributed by atoms with Gasteiger partial charge >= 0.3 is 0 Å². The Kier molecular flexibility index (Phi) is 5.71. The molecular formula is C33H30O. The monoisotopic (exact) mass is 442 g/mol. The number of aromatic hydroxyl groups is 1. The van der Waals surface area contributed by atoms with Crippen LogP contribution in [0.1, 0.15) is 32.8 Å². The zero-order chi connectivity index (χ0) is 23.7. The van der Waals surface area contributed by atoms with E-state index in [2.05, 4.69) is 106 Å². The summed E-state index contributed by atoms with van der Waals surface area (Å²) >= 11 is 0. The van der Waals surface area contributed by atoms with Crippen molar-refractivity contribution in [3.05, 3.63) is 115 Å². The van der Waals surface area contributed by atoms with Crippen molar-refractivity contribution in [1.82, 2.24) is 0 Å². The van der Waals surface area contributed by atoms with Gasteiger partial charge in [0.2, 0.25) is 0 Å². The summed E-state index contributed by atoms with van der Waals surface area (Å²) in [5.41, 5.74) is 1.50. The average molecular weight is 443 g/mol. The summed E-state index contributed by atoms with van der Waals surface area (Å²) in [6, 6.07) is 38.3. The molecule has 168 valence electrons. The maximum Gasteiger partial charge on any atom is 0.115 e. The minimum absolute atomic E-state index is 0.216. The van der Waals surface area contributed by atoms with Gasteiger partial charge in [-0.3, -0.25) is 0 Å². The van der Waals surface area contributed by atoms with Crippen molar-refractivity contribution in [3.63, 3.8) is 0 Å². The molecule has 6 rings (SSSR count).